The molecule has 0 bridgehead atoms. The lowest BCUT2D eigenvalue weighted by atomic mass is 9.59. The van der Waals surface area contributed by atoms with E-state index in [0.29, 0.717) is 22.3 Å². The monoisotopic (exact) mass is 489 g/mol. The Bertz CT molecular complexity index is 1470. The molecule has 0 aliphatic heterocycles. The highest BCUT2D eigenvalue weighted by atomic mass is 16.3. The van der Waals surface area contributed by atoms with E-state index in [1.54, 1.807) is 30.3 Å². The summed E-state index contributed by atoms with van der Waals surface area (Å²) in [5, 5.41) is 43.8. The van der Waals surface area contributed by atoms with Crippen molar-refractivity contribution in [3.63, 3.8) is 0 Å². The molecule has 2 aromatic rings. The summed E-state index contributed by atoms with van der Waals surface area (Å²) in [4.78, 5) is 50.1. The molecule has 1 saturated carbocycles. The van der Waals surface area contributed by atoms with Gasteiger partial charge < -0.3 is 26.2 Å². The molecule has 9 heteroatoms. The van der Waals surface area contributed by atoms with Crippen molar-refractivity contribution in [1.29, 1.82) is 0 Å². The molecular weight excluding hydrogens is 466 g/mol. The maximum absolute atomic E-state index is 13.6. The number of aliphatic hydroxyl groups is 3. The summed E-state index contributed by atoms with van der Waals surface area (Å²) in [5.74, 6) is -6.95. The number of ketones is 3. The predicted molar refractivity (Wildman–Crippen MR) is 127 cm³/mol. The van der Waals surface area contributed by atoms with Gasteiger partial charge in [0.15, 0.2) is 17.2 Å². The summed E-state index contributed by atoms with van der Waals surface area (Å²) in [5.41, 5.74) is 3.67. The number of fused-ring (bicyclic) bond motifs is 3. The minimum absolute atomic E-state index is 0.0158. The van der Waals surface area contributed by atoms with Gasteiger partial charge in [0.25, 0.3) is 5.91 Å². The predicted octanol–water partition coefficient (Wildman–Crippen LogP) is 2.29. The number of carbonyl (C=O) groups excluding carboxylic acids is 4. The van der Waals surface area contributed by atoms with Gasteiger partial charge in [0.05, 0.1) is 5.56 Å². The fraction of sp³-hybridized carbons (Fsp3) is 0.259. The Morgan fingerprint density at radius 2 is 1.69 bits per heavy atom. The van der Waals surface area contributed by atoms with Crippen LogP contribution in [0.5, 0.6) is 5.75 Å². The first-order valence-electron chi connectivity index (χ1n) is 11.4. The first-order valence-corrected chi connectivity index (χ1v) is 11.4. The molecule has 1 amide bonds. The van der Waals surface area contributed by atoms with E-state index in [2.05, 4.69) is 0 Å². The van der Waals surface area contributed by atoms with Gasteiger partial charge in [0.2, 0.25) is 5.78 Å². The molecule has 0 saturated heterocycles. The third kappa shape index (κ3) is 3.06. The van der Waals surface area contributed by atoms with Gasteiger partial charge in [-0.15, -0.1) is 0 Å². The molecule has 9 nitrogen and oxygen atoms in total. The minimum Gasteiger partial charge on any atom is -0.508 e. The molecule has 0 unspecified atom stereocenters. The maximum atomic E-state index is 13.6. The number of hydrogen-bond donors (Lipinski definition) is 5. The van der Waals surface area contributed by atoms with Gasteiger partial charge in [0.1, 0.15) is 22.8 Å². The van der Waals surface area contributed by atoms with Crippen molar-refractivity contribution in [1.82, 2.24) is 0 Å². The van der Waals surface area contributed by atoms with Gasteiger partial charge in [-0.05, 0) is 48.4 Å². The highest BCUT2D eigenvalue weighted by molar-refractivity contribution is 6.22. The maximum Gasteiger partial charge on any atom is 0.255 e. The first-order chi connectivity index (χ1) is 17.0. The zero-order chi connectivity index (χ0) is 26.1. The number of Topliss-reactive ketones (excluding diaryl/α,β-unsaturated/α-hetero) is 3. The Balaban J connectivity index is 1.73. The lowest BCUT2D eigenvalue weighted by Gasteiger charge is -2.46. The van der Waals surface area contributed by atoms with Crippen LogP contribution in [0.3, 0.4) is 0 Å². The van der Waals surface area contributed by atoms with Crippen molar-refractivity contribution in [3.05, 3.63) is 70.0 Å². The Morgan fingerprint density at radius 1 is 1.00 bits per heavy atom. The largest absolute Gasteiger partial charge is 0.508 e. The van der Waals surface area contributed by atoms with Crippen LogP contribution in [0, 0.1) is 11.8 Å². The summed E-state index contributed by atoms with van der Waals surface area (Å²) in [6.07, 6.45) is -0.196. The third-order valence-corrected chi connectivity index (χ3v) is 7.54. The molecule has 0 aromatic heterocycles. The first kappa shape index (κ1) is 23.5. The zero-order valence-corrected chi connectivity index (χ0v) is 19.2. The molecule has 36 heavy (non-hydrogen) atoms. The van der Waals surface area contributed by atoms with Gasteiger partial charge in [-0.3, -0.25) is 19.2 Å². The number of nitrogens with two attached hydrogens (primary N) is 1. The topological polar surface area (TPSA) is 175 Å². The van der Waals surface area contributed by atoms with Crippen molar-refractivity contribution in [2.75, 3.05) is 0 Å². The van der Waals surface area contributed by atoms with E-state index in [0.717, 1.165) is 0 Å². The second kappa shape index (κ2) is 7.89. The van der Waals surface area contributed by atoms with Crippen LogP contribution >= 0.6 is 0 Å². The summed E-state index contributed by atoms with van der Waals surface area (Å²) in [6, 6.07) is 9.88. The molecule has 2 aromatic carbocycles. The van der Waals surface area contributed by atoms with Gasteiger partial charge in [0, 0.05) is 23.5 Å². The van der Waals surface area contributed by atoms with Crippen LogP contribution in [-0.4, -0.2) is 49.3 Å². The van der Waals surface area contributed by atoms with E-state index in [4.69, 9.17) is 5.73 Å². The summed E-state index contributed by atoms with van der Waals surface area (Å²) in [7, 11) is 0. The number of primary amides is 1. The SMILES string of the molecule is CC(=O)c1ccccc1-c1ccc(O)c2c1C[C@H]1C[C@H]3CC(=O)C(C(N)=O)=C(O)[C@@]3(O)C(=O)C1=C2O. The average Bonchev–Trinajstić information content (AvgIpc) is 2.81. The van der Waals surface area contributed by atoms with Gasteiger partial charge in [-0.25, -0.2) is 0 Å². The van der Waals surface area contributed by atoms with Crippen LogP contribution in [0.15, 0.2) is 53.3 Å². The van der Waals surface area contributed by atoms with Crippen LogP contribution in [-0.2, 0) is 20.8 Å². The van der Waals surface area contributed by atoms with Crippen molar-refractivity contribution < 1.29 is 39.6 Å². The van der Waals surface area contributed by atoms with Crippen molar-refractivity contribution in [2.24, 2.45) is 17.6 Å². The summed E-state index contributed by atoms with van der Waals surface area (Å²) in [6.45, 7) is 1.43. The van der Waals surface area contributed by atoms with Gasteiger partial charge >= 0.3 is 0 Å². The smallest absolute Gasteiger partial charge is 0.255 e. The second-order valence-electron chi connectivity index (χ2n) is 9.49. The van der Waals surface area contributed by atoms with Crippen LogP contribution in [0.1, 0.15) is 41.3 Å². The fourth-order valence-corrected chi connectivity index (χ4v) is 5.90. The Kier molecular flexibility index (Phi) is 5.15. The number of aliphatic hydroxyl groups excluding tert-OH is 2. The highest BCUT2D eigenvalue weighted by Gasteiger charge is 2.60. The van der Waals surface area contributed by atoms with Crippen molar-refractivity contribution >= 4 is 29.0 Å². The van der Waals surface area contributed by atoms with Crippen LogP contribution < -0.4 is 5.73 Å². The van der Waals surface area contributed by atoms with Crippen LogP contribution in [0.4, 0.5) is 0 Å². The highest BCUT2D eigenvalue weighted by Crippen LogP contribution is 2.53. The molecule has 0 spiro atoms. The molecule has 1 fully saturated rings. The van der Waals surface area contributed by atoms with Crippen molar-refractivity contribution in [3.8, 4) is 16.9 Å². The van der Waals surface area contributed by atoms with Crippen LogP contribution in [0.2, 0.25) is 0 Å². The molecule has 0 radical (unpaired) electrons. The number of phenols is 1. The number of rotatable bonds is 3. The quantitative estimate of drug-likeness (QED) is 0.322. The van der Waals surface area contributed by atoms with Crippen molar-refractivity contribution in [2.45, 2.75) is 31.8 Å². The zero-order valence-electron chi connectivity index (χ0n) is 19.2. The number of carbonyl (C=O) groups is 4. The van der Waals surface area contributed by atoms with E-state index >= 15 is 0 Å². The molecule has 3 aliphatic rings. The fourth-order valence-electron chi connectivity index (χ4n) is 5.90. The molecule has 6 N–H and O–H groups in total. The Morgan fingerprint density at radius 3 is 2.36 bits per heavy atom. The molecule has 3 atom stereocenters. The number of hydrogen-bond acceptors (Lipinski definition) is 8. The van der Waals surface area contributed by atoms with Gasteiger partial charge in [-0.1, -0.05) is 30.3 Å². The number of phenolic OH excluding ortho intramolecular Hbond substituents is 1. The molecule has 184 valence electrons. The number of amides is 1. The third-order valence-electron chi connectivity index (χ3n) is 7.54. The van der Waals surface area contributed by atoms with E-state index < -0.39 is 52.0 Å². The Hall–Kier alpha value is -4.24. The lowest BCUT2D eigenvalue weighted by Crippen LogP contribution is -2.58. The molecule has 3 aliphatic carbocycles. The van der Waals surface area contributed by atoms with Gasteiger partial charge in [-0.2, -0.15) is 0 Å². The number of aromatic hydroxyl groups is 1. The lowest BCUT2D eigenvalue weighted by molar-refractivity contribution is -0.147. The van der Waals surface area contributed by atoms with E-state index in [1.165, 1.54) is 13.0 Å². The number of benzene rings is 2. The van der Waals surface area contributed by atoms with E-state index in [1.807, 2.05) is 0 Å². The average molecular weight is 489 g/mol. The standard InChI is InChI=1S/C27H23NO8/c1-11(29)14-4-2-3-5-15(14)16-6-7-18(30)21-17(16)9-12-8-13-10-19(31)22(26(28)35)25(34)27(13,36)24(33)20(12)23(21)32/h2-7,12-13,30,32,34,36H,8-10H2,1H3,(H2,28,35)/t12-,13+,27+/m1/s1. The second-order valence-corrected chi connectivity index (χ2v) is 9.49. The summed E-state index contributed by atoms with van der Waals surface area (Å²) < 4.78 is 0. The van der Waals surface area contributed by atoms with Crippen LogP contribution in [0.25, 0.3) is 16.9 Å². The summed E-state index contributed by atoms with van der Waals surface area (Å²) >= 11 is 0. The molecular formula is C27H23NO8. The van der Waals surface area contributed by atoms with E-state index in [-0.39, 0.29) is 41.9 Å². The Labute approximate surface area is 205 Å². The normalized spacial score (nSPS) is 25.3. The van der Waals surface area contributed by atoms with E-state index in [9.17, 15) is 39.6 Å². The minimum atomic E-state index is -2.61. The molecule has 0 heterocycles. The molecule has 5 rings (SSSR count).